The number of hydrogen-bond donors (Lipinski definition) is 1. The third kappa shape index (κ3) is 1.56. The van der Waals surface area contributed by atoms with Gasteiger partial charge in [0.15, 0.2) is 0 Å². The summed E-state index contributed by atoms with van der Waals surface area (Å²) in [6.45, 7) is 0.240. The topological polar surface area (TPSA) is 26.0 Å². The predicted molar refractivity (Wildman–Crippen MR) is 57.6 cm³/mol. The van der Waals surface area contributed by atoms with Crippen LogP contribution < -0.4 is 5.73 Å². The second-order valence-electron chi connectivity index (χ2n) is 2.99. The SMILES string of the molecule is NCc1cccc(-c2ccsc2)c1F. The van der Waals surface area contributed by atoms with Gasteiger partial charge in [0.2, 0.25) is 0 Å². The molecule has 0 amide bonds. The van der Waals surface area contributed by atoms with Crippen molar-refractivity contribution < 1.29 is 4.39 Å². The molecule has 0 bridgehead atoms. The Bertz CT molecular complexity index is 423. The van der Waals surface area contributed by atoms with E-state index in [1.165, 1.54) is 0 Å². The lowest BCUT2D eigenvalue weighted by atomic mass is 10.1. The highest BCUT2D eigenvalue weighted by Crippen LogP contribution is 2.26. The Morgan fingerprint density at radius 1 is 1.29 bits per heavy atom. The predicted octanol–water partition coefficient (Wildman–Crippen LogP) is 3.01. The molecular weight excluding hydrogens is 197 g/mol. The Kier molecular flexibility index (Phi) is 2.61. The van der Waals surface area contributed by atoms with Crippen molar-refractivity contribution in [3.8, 4) is 11.1 Å². The van der Waals surface area contributed by atoms with E-state index >= 15 is 0 Å². The molecule has 3 heteroatoms. The lowest BCUT2D eigenvalue weighted by Crippen LogP contribution is -2.00. The first kappa shape index (κ1) is 9.37. The maximum Gasteiger partial charge on any atom is 0.135 e. The van der Waals surface area contributed by atoms with Crippen LogP contribution in [-0.2, 0) is 6.54 Å². The van der Waals surface area contributed by atoms with Crippen LogP contribution in [0.25, 0.3) is 11.1 Å². The fraction of sp³-hybridized carbons (Fsp3) is 0.0909. The molecule has 0 unspecified atom stereocenters. The number of thiophene rings is 1. The first-order valence-corrected chi connectivity index (χ1v) is 5.27. The molecule has 0 fully saturated rings. The summed E-state index contributed by atoms with van der Waals surface area (Å²) in [6.07, 6.45) is 0. The fourth-order valence-electron chi connectivity index (χ4n) is 1.38. The van der Waals surface area contributed by atoms with Crippen LogP contribution in [0, 0.1) is 5.82 Å². The van der Waals surface area contributed by atoms with Crippen LogP contribution in [0.1, 0.15) is 5.56 Å². The second-order valence-corrected chi connectivity index (χ2v) is 3.77. The van der Waals surface area contributed by atoms with Gasteiger partial charge in [0, 0.05) is 17.7 Å². The third-order valence-corrected chi connectivity index (χ3v) is 2.81. The van der Waals surface area contributed by atoms with Crippen LogP contribution in [0.15, 0.2) is 35.0 Å². The average Bonchev–Trinajstić information content (AvgIpc) is 2.71. The molecule has 0 spiro atoms. The van der Waals surface area contributed by atoms with Gasteiger partial charge in [-0.2, -0.15) is 11.3 Å². The molecule has 0 atom stereocenters. The molecule has 0 radical (unpaired) electrons. The molecule has 0 aliphatic carbocycles. The first-order chi connectivity index (χ1) is 6.83. The van der Waals surface area contributed by atoms with E-state index in [9.17, 15) is 4.39 Å². The van der Waals surface area contributed by atoms with E-state index in [1.54, 1.807) is 23.5 Å². The number of nitrogens with two attached hydrogens (primary N) is 1. The molecule has 14 heavy (non-hydrogen) atoms. The molecule has 1 aromatic carbocycles. The maximum atomic E-state index is 13.8. The molecule has 0 saturated carbocycles. The summed E-state index contributed by atoms with van der Waals surface area (Å²) in [5, 5.41) is 3.86. The van der Waals surface area contributed by atoms with Gasteiger partial charge in [-0.3, -0.25) is 0 Å². The Morgan fingerprint density at radius 3 is 2.79 bits per heavy atom. The fourth-order valence-corrected chi connectivity index (χ4v) is 2.03. The zero-order chi connectivity index (χ0) is 9.97. The summed E-state index contributed by atoms with van der Waals surface area (Å²) >= 11 is 1.56. The molecule has 1 aromatic heterocycles. The molecule has 72 valence electrons. The zero-order valence-corrected chi connectivity index (χ0v) is 8.35. The van der Waals surface area contributed by atoms with Crippen LogP contribution in [0.4, 0.5) is 4.39 Å². The van der Waals surface area contributed by atoms with E-state index in [4.69, 9.17) is 5.73 Å². The molecule has 0 aliphatic heterocycles. The molecule has 0 aliphatic rings. The van der Waals surface area contributed by atoms with Crippen molar-refractivity contribution in [2.75, 3.05) is 0 Å². The van der Waals surface area contributed by atoms with Crippen molar-refractivity contribution in [2.45, 2.75) is 6.54 Å². The minimum atomic E-state index is -0.201. The van der Waals surface area contributed by atoms with E-state index in [2.05, 4.69) is 0 Å². The smallest absolute Gasteiger partial charge is 0.135 e. The molecule has 0 saturated heterocycles. The second kappa shape index (κ2) is 3.90. The molecular formula is C11H10FNS. The summed E-state index contributed by atoms with van der Waals surface area (Å²) in [5.41, 5.74) is 7.55. The summed E-state index contributed by atoms with van der Waals surface area (Å²) in [6, 6.07) is 7.23. The van der Waals surface area contributed by atoms with E-state index in [0.29, 0.717) is 11.1 Å². The first-order valence-electron chi connectivity index (χ1n) is 4.33. The quantitative estimate of drug-likeness (QED) is 0.804. The summed E-state index contributed by atoms with van der Waals surface area (Å²) < 4.78 is 13.8. The van der Waals surface area contributed by atoms with Crippen molar-refractivity contribution in [2.24, 2.45) is 5.73 Å². The van der Waals surface area contributed by atoms with Gasteiger partial charge in [0.1, 0.15) is 5.82 Å². The molecule has 2 aromatic rings. The molecule has 2 N–H and O–H groups in total. The number of halogens is 1. The minimum absolute atomic E-state index is 0.201. The van der Waals surface area contributed by atoms with E-state index < -0.39 is 0 Å². The maximum absolute atomic E-state index is 13.8. The normalized spacial score (nSPS) is 10.4. The van der Waals surface area contributed by atoms with Crippen LogP contribution in [0.3, 0.4) is 0 Å². The lowest BCUT2D eigenvalue weighted by Gasteiger charge is -2.04. The Morgan fingerprint density at radius 2 is 2.14 bits per heavy atom. The van der Waals surface area contributed by atoms with Gasteiger partial charge < -0.3 is 5.73 Å². The Labute approximate surface area is 86.0 Å². The van der Waals surface area contributed by atoms with Crippen LogP contribution >= 0.6 is 11.3 Å². The number of benzene rings is 1. The van der Waals surface area contributed by atoms with Crippen molar-refractivity contribution >= 4 is 11.3 Å². The van der Waals surface area contributed by atoms with Gasteiger partial charge in [-0.05, 0) is 22.4 Å². The van der Waals surface area contributed by atoms with Gasteiger partial charge in [0.05, 0.1) is 0 Å². The van der Waals surface area contributed by atoms with Gasteiger partial charge in [-0.1, -0.05) is 18.2 Å². The van der Waals surface area contributed by atoms with E-state index in [1.807, 2.05) is 22.9 Å². The number of rotatable bonds is 2. The standard InChI is InChI=1S/C11H10FNS/c12-11-8(6-13)2-1-3-10(11)9-4-5-14-7-9/h1-5,7H,6,13H2. The Balaban J connectivity index is 2.54. The summed E-state index contributed by atoms with van der Waals surface area (Å²) in [7, 11) is 0. The van der Waals surface area contributed by atoms with Crippen LogP contribution in [0.5, 0.6) is 0 Å². The van der Waals surface area contributed by atoms with Gasteiger partial charge in [-0.15, -0.1) is 0 Å². The highest BCUT2D eigenvalue weighted by atomic mass is 32.1. The lowest BCUT2D eigenvalue weighted by molar-refractivity contribution is 0.614. The highest BCUT2D eigenvalue weighted by molar-refractivity contribution is 7.08. The largest absolute Gasteiger partial charge is 0.326 e. The van der Waals surface area contributed by atoms with Crippen LogP contribution in [-0.4, -0.2) is 0 Å². The van der Waals surface area contributed by atoms with Gasteiger partial charge in [-0.25, -0.2) is 4.39 Å². The molecule has 2 rings (SSSR count). The van der Waals surface area contributed by atoms with Gasteiger partial charge in [0.25, 0.3) is 0 Å². The summed E-state index contributed by atoms with van der Waals surface area (Å²) in [4.78, 5) is 0. The molecule has 1 nitrogen and oxygen atoms in total. The summed E-state index contributed by atoms with van der Waals surface area (Å²) in [5.74, 6) is -0.201. The monoisotopic (exact) mass is 207 g/mol. The Hall–Kier alpha value is -1.19. The minimum Gasteiger partial charge on any atom is -0.326 e. The zero-order valence-electron chi connectivity index (χ0n) is 7.53. The number of hydrogen-bond acceptors (Lipinski definition) is 2. The molecule has 1 heterocycles. The van der Waals surface area contributed by atoms with E-state index in [0.717, 1.165) is 5.56 Å². The van der Waals surface area contributed by atoms with Crippen molar-refractivity contribution in [3.63, 3.8) is 0 Å². The highest BCUT2D eigenvalue weighted by Gasteiger charge is 2.08. The van der Waals surface area contributed by atoms with Crippen LogP contribution in [0.2, 0.25) is 0 Å². The third-order valence-electron chi connectivity index (χ3n) is 2.13. The van der Waals surface area contributed by atoms with Crippen molar-refractivity contribution in [3.05, 3.63) is 46.4 Å². The van der Waals surface area contributed by atoms with E-state index in [-0.39, 0.29) is 12.4 Å². The van der Waals surface area contributed by atoms with Gasteiger partial charge >= 0.3 is 0 Å². The average molecular weight is 207 g/mol. The van der Waals surface area contributed by atoms with Crippen molar-refractivity contribution in [1.29, 1.82) is 0 Å². The van der Waals surface area contributed by atoms with Crippen molar-refractivity contribution in [1.82, 2.24) is 0 Å².